The topological polar surface area (TPSA) is 136 Å². The van der Waals surface area contributed by atoms with Gasteiger partial charge in [0.25, 0.3) is 5.56 Å². The molecule has 14 heteroatoms. The van der Waals surface area contributed by atoms with Crippen LogP contribution in [-0.2, 0) is 30.6 Å². The minimum Gasteiger partial charge on any atom is -0.361 e. The Morgan fingerprint density at radius 1 is 1.11 bits per heavy atom. The maximum Gasteiger partial charge on any atom is 0.324 e. The second kappa shape index (κ2) is 19.7. The fraction of sp³-hybridized carbons (Fsp3) is 0.531. The Morgan fingerprint density at radius 2 is 1.94 bits per heavy atom. The number of nitrogens with zero attached hydrogens (tertiary/aromatic N) is 7. The number of halogens is 1. The second-order valence-corrected chi connectivity index (χ2v) is 18.2. The number of carbonyl (C=O) groups is 2. The van der Waals surface area contributed by atoms with Gasteiger partial charge in [0.15, 0.2) is 5.58 Å². The highest BCUT2D eigenvalue weighted by Gasteiger charge is 2.44. The number of imide groups is 1. The van der Waals surface area contributed by atoms with Gasteiger partial charge >= 0.3 is 6.03 Å². The van der Waals surface area contributed by atoms with Gasteiger partial charge in [0.2, 0.25) is 5.91 Å². The number of rotatable bonds is 12. The molecule has 63 heavy (non-hydrogen) atoms. The maximum absolute atomic E-state index is 13.7. The first-order valence-corrected chi connectivity index (χ1v) is 23.1. The molecule has 0 spiro atoms. The molecule has 1 aliphatic carbocycles. The Hall–Kier alpha value is -5.18. The lowest BCUT2D eigenvalue weighted by atomic mass is 9.72. The Morgan fingerprint density at radius 3 is 2.71 bits per heavy atom. The van der Waals surface area contributed by atoms with Gasteiger partial charge in [-0.1, -0.05) is 23.4 Å². The molecule has 2 N–H and O–H groups in total. The van der Waals surface area contributed by atoms with Crippen molar-refractivity contribution in [3.63, 3.8) is 0 Å². The van der Waals surface area contributed by atoms with Gasteiger partial charge in [0, 0.05) is 103 Å². The van der Waals surface area contributed by atoms with Crippen LogP contribution in [0.25, 0.3) is 21.9 Å². The maximum atomic E-state index is 13.7. The molecular weight excluding hydrogens is 798 g/mol. The number of benzene rings is 2. The van der Waals surface area contributed by atoms with Gasteiger partial charge in [-0.15, -0.1) is 6.58 Å². The number of piperidine rings is 2. The van der Waals surface area contributed by atoms with Crippen LogP contribution >= 0.6 is 0 Å². The molecule has 2 aromatic carbocycles. The number of likely N-dealkylation sites (tertiary alicyclic amines) is 2. The first-order chi connectivity index (χ1) is 30.5. The van der Waals surface area contributed by atoms with Crippen LogP contribution in [0.3, 0.4) is 0 Å². The monoisotopic (exact) mass is 862 g/mol. The molecular formula is C49H64FN9O4. The summed E-state index contributed by atoms with van der Waals surface area (Å²) in [7, 11) is 4.01. The number of aryl methyl sites for hydroxylation is 2. The molecule has 336 valence electrons. The minimum absolute atomic E-state index is 0.0562. The first-order valence-electron chi connectivity index (χ1n) is 23.1. The summed E-state index contributed by atoms with van der Waals surface area (Å²) in [6.45, 7) is 14.6. The van der Waals surface area contributed by atoms with Crippen molar-refractivity contribution in [2.75, 3.05) is 66.5 Å². The van der Waals surface area contributed by atoms with Crippen LogP contribution in [0, 0.1) is 18.7 Å². The molecule has 3 aromatic heterocycles. The van der Waals surface area contributed by atoms with Gasteiger partial charge < -0.3 is 24.6 Å². The number of H-pyrrole nitrogens is 1. The summed E-state index contributed by atoms with van der Waals surface area (Å²) < 4.78 is 20.6. The summed E-state index contributed by atoms with van der Waals surface area (Å²) in [5.41, 5.74) is 7.22. The van der Waals surface area contributed by atoms with Crippen molar-refractivity contribution in [2.45, 2.75) is 96.1 Å². The van der Waals surface area contributed by atoms with Crippen LogP contribution in [-0.4, -0.2) is 124 Å². The summed E-state index contributed by atoms with van der Waals surface area (Å²) in [5, 5.41) is 9.30. The molecule has 3 atom stereocenters. The van der Waals surface area contributed by atoms with Gasteiger partial charge in [0.1, 0.15) is 11.6 Å². The van der Waals surface area contributed by atoms with E-state index in [9.17, 15) is 18.8 Å². The average molecular weight is 862 g/mol. The van der Waals surface area contributed by atoms with Crippen molar-refractivity contribution in [2.24, 2.45) is 5.92 Å². The molecule has 3 aliphatic heterocycles. The third-order valence-electron chi connectivity index (χ3n) is 13.8. The average Bonchev–Trinajstić information content (AvgIpc) is 3.90. The van der Waals surface area contributed by atoms with Crippen LogP contribution in [0.4, 0.5) is 9.18 Å². The van der Waals surface area contributed by atoms with E-state index in [1.807, 2.05) is 38.6 Å². The highest BCUT2D eigenvalue weighted by atomic mass is 19.1. The SMILES string of the molecule is C=CCN1C[C@H](C(=O)N(CCCN(C)C)C(=O)NCC)C[C@@H]2c3cccc4[nH]cc(c34)C[C@H]21.Cc1nc2n(c(=O)c1CCN1CCC(c3noc4cc(F)ccc34)CC1)CCCC2. The van der Waals surface area contributed by atoms with E-state index in [1.165, 1.54) is 33.5 Å². The van der Waals surface area contributed by atoms with Crippen molar-refractivity contribution < 1.29 is 18.5 Å². The predicted octanol–water partition coefficient (Wildman–Crippen LogP) is 6.78. The number of hydrogen-bond donors (Lipinski definition) is 2. The number of aromatic amines is 1. The van der Waals surface area contributed by atoms with Crippen molar-refractivity contribution >= 4 is 33.8 Å². The minimum atomic E-state index is -0.303. The zero-order valence-electron chi connectivity index (χ0n) is 37.5. The number of hydrogen-bond acceptors (Lipinski definition) is 9. The molecule has 5 aromatic rings. The van der Waals surface area contributed by atoms with E-state index >= 15 is 0 Å². The third kappa shape index (κ3) is 9.54. The lowest BCUT2D eigenvalue weighted by Gasteiger charge is -2.47. The first kappa shape index (κ1) is 44.4. The van der Waals surface area contributed by atoms with E-state index in [0.29, 0.717) is 37.2 Å². The van der Waals surface area contributed by atoms with Gasteiger partial charge in [-0.3, -0.25) is 24.0 Å². The second-order valence-electron chi connectivity index (χ2n) is 18.2. The number of aromatic nitrogens is 4. The number of fused-ring (bicyclic) bond motifs is 4. The van der Waals surface area contributed by atoms with Crippen molar-refractivity contribution in [1.82, 2.24) is 44.6 Å². The molecule has 0 saturated carbocycles. The van der Waals surface area contributed by atoms with Gasteiger partial charge in [-0.2, -0.15) is 0 Å². The summed E-state index contributed by atoms with van der Waals surface area (Å²) in [4.78, 5) is 56.0. The third-order valence-corrected chi connectivity index (χ3v) is 13.8. The molecule has 0 unspecified atom stereocenters. The number of carbonyl (C=O) groups excluding carboxylic acids is 2. The fourth-order valence-electron chi connectivity index (χ4n) is 10.6. The van der Waals surface area contributed by atoms with Gasteiger partial charge in [0.05, 0.1) is 11.6 Å². The summed E-state index contributed by atoms with van der Waals surface area (Å²) >= 11 is 0. The van der Waals surface area contributed by atoms with Gasteiger partial charge in [-0.25, -0.2) is 14.2 Å². The zero-order valence-corrected chi connectivity index (χ0v) is 37.5. The largest absolute Gasteiger partial charge is 0.361 e. The summed E-state index contributed by atoms with van der Waals surface area (Å²) in [6, 6.07) is 11.1. The molecule has 2 fully saturated rings. The van der Waals surface area contributed by atoms with E-state index in [-0.39, 0.29) is 35.2 Å². The predicted molar refractivity (Wildman–Crippen MR) is 245 cm³/mol. The van der Waals surface area contributed by atoms with E-state index < -0.39 is 0 Å². The standard InChI is InChI=1S/C26H37N5O2.C23H27FN4O2/c1-5-11-30-17-19(25(32)31(26(33)27-6-2)13-8-12-29(3)4)14-21-20-9-7-10-22-24(20)18(16-28-22)15-23(21)30;1-15-18(23(29)28-10-3-2-4-21(28)25-15)9-13-27-11-7-16(8-12-27)22-19-6-5-17(24)14-20(19)30-26-22/h5,7,9-10,16,19,21,23,28H,1,6,8,11-15,17H2,2-4H3,(H,27,33);5-6,14,16H,2-4,7-13H2,1H3/t19-,21-,23-;/m1./s1. The fourth-order valence-corrected chi connectivity index (χ4v) is 10.6. The van der Waals surface area contributed by atoms with Crippen molar-refractivity contribution in [3.8, 4) is 0 Å². The van der Waals surface area contributed by atoms with Crippen LogP contribution in [0.2, 0.25) is 0 Å². The Balaban J connectivity index is 0.000000173. The Labute approximate surface area is 369 Å². The number of amides is 3. The van der Waals surface area contributed by atoms with E-state index in [4.69, 9.17) is 9.51 Å². The van der Waals surface area contributed by atoms with Crippen LogP contribution in [0.1, 0.15) is 91.2 Å². The van der Waals surface area contributed by atoms with E-state index in [2.05, 4.69) is 61.1 Å². The highest BCUT2D eigenvalue weighted by molar-refractivity contribution is 5.96. The normalized spacial score (nSPS) is 20.3. The van der Waals surface area contributed by atoms with Crippen LogP contribution in [0.5, 0.6) is 0 Å². The molecule has 9 rings (SSSR count). The molecule has 4 aliphatic rings. The quantitative estimate of drug-likeness (QED) is 0.130. The van der Waals surface area contributed by atoms with E-state index in [1.54, 1.807) is 6.07 Å². The Bertz CT molecular complexity index is 2480. The lowest BCUT2D eigenvalue weighted by molar-refractivity contribution is -0.135. The van der Waals surface area contributed by atoms with E-state index in [0.717, 1.165) is 131 Å². The molecule has 2 saturated heterocycles. The molecule has 3 amide bonds. The zero-order chi connectivity index (χ0) is 44.2. The summed E-state index contributed by atoms with van der Waals surface area (Å²) in [5.74, 6) is 0.960. The molecule has 0 bridgehead atoms. The number of urea groups is 1. The van der Waals surface area contributed by atoms with Crippen LogP contribution < -0.4 is 10.9 Å². The molecule has 13 nitrogen and oxygen atoms in total. The van der Waals surface area contributed by atoms with Gasteiger partial charge in [-0.05, 0) is 128 Å². The molecule has 0 radical (unpaired) electrons. The lowest BCUT2D eigenvalue weighted by Crippen LogP contribution is -2.55. The summed E-state index contributed by atoms with van der Waals surface area (Å²) in [6.07, 6.45) is 12.4. The Kier molecular flexibility index (Phi) is 13.9. The molecule has 6 heterocycles. The van der Waals surface area contributed by atoms with Crippen LogP contribution in [0.15, 0.2) is 64.6 Å². The smallest absolute Gasteiger partial charge is 0.324 e. The van der Waals surface area contributed by atoms with Crippen molar-refractivity contribution in [3.05, 3.63) is 105 Å². The highest BCUT2D eigenvalue weighted by Crippen LogP contribution is 2.45. The van der Waals surface area contributed by atoms with Crippen molar-refractivity contribution in [1.29, 1.82) is 0 Å². The number of nitrogens with one attached hydrogen (secondary N) is 2.